The van der Waals surface area contributed by atoms with Gasteiger partial charge in [-0.15, -0.1) is 0 Å². The van der Waals surface area contributed by atoms with E-state index < -0.39 is 30.7 Å². The van der Waals surface area contributed by atoms with Crippen LogP contribution in [0.1, 0.15) is 31.1 Å². The molecular weight excluding hydrogens is 340 g/mol. The van der Waals surface area contributed by atoms with Crippen LogP contribution >= 0.6 is 22.3 Å². The zero-order valence-corrected chi connectivity index (χ0v) is 14.4. The Morgan fingerprint density at radius 2 is 1.86 bits per heavy atom. The van der Waals surface area contributed by atoms with Crippen LogP contribution in [0.2, 0.25) is 5.02 Å². The van der Waals surface area contributed by atoms with E-state index in [9.17, 15) is 17.6 Å². The molecule has 1 rings (SSSR count). The van der Waals surface area contributed by atoms with Crippen LogP contribution in [0.25, 0.3) is 0 Å². The van der Waals surface area contributed by atoms with Gasteiger partial charge in [0.15, 0.2) is 0 Å². The van der Waals surface area contributed by atoms with Gasteiger partial charge in [-0.1, -0.05) is 32.4 Å². The molecule has 0 heterocycles. The number of carbonyl (C=O) groups excluding carboxylic acids is 1. The Balaban J connectivity index is 3.30. The molecule has 8 heteroatoms. The van der Waals surface area contributed by atoms with Gasteiger partial charge in [0.2, 0.25) is 0 Å². The fraction of sp³-hybridized carbons (Fsp3) is 0.462. The molecule has 0 saturated carbocycles. The van der Waals surface area contributed by atoms with Gasteiger partial charge in [0.25, 0.3) is 15.0 Å². The number of hydrogen-bond acceptors (Lipinski definition) is 3. The van der Waals surface area contributed by atoms with E-state index in [2.05, 4.69) is 0 Å². The second kappa shape index (κ2) is 6.10. The molecule has 0 fully saturated rings. The number of benzene rings is 1. The third-order valence-electron chi connectivity index (χ3n) is 2.57. The summed E-state index contributed by atoms with van der Waals surface area (Å²) in [6.45, 7) is 6.18. The summed E-state index contributed by atoms with van der Waals surface area (Å²) in [7, 11) is 2.56. The van der Waals surface area contributed by atoms with Gasteiger partial charge in [-0.25, -0.2) is 12.8 Å². The Labute approximate surface area is 133 Å². The Hall–Kier alpha value is -0.850. The second-order valence-corrected chi connectivity index (χ2v) is 8.87. The molecule has 0 atom stereocenters. The minimum absolute atomic E-state index is 0.175. The topological polar surface area (TPSA) is 54.5 Å². The molecule has 0 saturated heterocycles. The van der Waals surface area contributed by atoms with E-state index in [0.717, 1.165) is 6.07 Å². The van der Waals surface area contributed by atoms with Crippen molar-refractivity contribution in [3.63, 3.8) is 0 Å². The van der Waals surface area contributed by atoms with Gasteiger partial charge in [-0.2, -0.15) is 0 Å². The van der Waals surface area contributed by atoms with E-state index in [1.807, 2.05) is 20.8 Å². The number of halogens is 3. The van der Waals surface area contributed by atoms with Crippen LogP contribution in [0.4, 0.5) is 4.39 Å². The molecule has 21 heavy (non-hydrogen) atoms. The van der Waals surface area contributed by atoms with E-state index >= 15 is 0 Å². The Morgan fingerprint density at radius 1 is 1.33 bits per heavy atom. The molecule has 0 aliphatic heterocycles. The smallest absolute Gasteiger partial charge is 0.261 e. The lowest BCUT2D eigenvalue weighted by molar-refractivity contribution is 0.0745. The second-order valence-electron chi connectivity index (χ2n) is 5.93. The maximum Gasteiger partial charge on any atom is 0.261 e. The summed E-state index contributed by atoms with van der Waals surface area (Å²) in [6.07, 6.45) is 0. The molecule has 0 aromatic heterocycles. The quantitative estimate of drug-likeness (QED) is 0.779. The van der Waals surface area contributed by atoms with Crippen molar-refractivity contribution in [2.75, 3.05) is 13.6 Å². The Morgan fingerprint density at radius 3 is 2.29 bits per heavy atom. The fourth-order valence-electron chi connectivity index (χ4n) is 1.85. The largest absolute Gasteiger partial charge is 0.341 e. The molecule has 0 bridgehead atoms. The predicted octanol–water partition coefficient (Wildman–Crippen LogP) is 3.52. The van der Waals surface area contributed by atoms with E-state index in [-0.39, 0.29) is 11.0 Å². The van der Waals surface area contributed by atoms with Crippen LogP contribution < -0.4 is 0 Å². The van der Waals surface area contributed by atoms with Crippen molar-refractivity contribution < 1.29 is 17.6 Å². The van der Waals surface area contributed by atoms with Gasteiger partial charge in [-0.05, 0) is 17.5 Å². The lowest BCUT2D eigenvalue weighted by Crippen LogP contribution is -2.34. The molecule has 0 spiro atoms. The average molecular weight is 356 g/mol. The molecule has 0 aliphatic rings. The molecule has 0 N–H and O–H groups in total. The molecular formula is C13H16Cl2FNO3S. The van der Waals surface area contributed by atoms with Gasteiger partial charge < -0.3 is 4.90 Å². The average Bonchev–Trinajstić information content (AvgIpc) is 2.27. The number of hydrogen-bond donors (Lipinski definition) is 0. The molecule has 1 aromatic rings. The maximum absolute atomic E-state index is 13.7. The summed E-state index contributed by atoms with van der Waals surface area (Å²) in [6, 6.07) is 1.67. The zero-order valence-electron chi connectivity index (χ0n) is 12.1. The van der Waals surface area contributed by atoms with Crippen LogP contribution in [0.15, 0.2) is 17.0 Å². The first kappa shape index (κ1) is 18.2. The van der Waals surface area contributed by atoms with Gasteiger partial charge in [-0.3, -0.25) is 4.79 Å². The Bertz CT molecular complexity index is 669. The van der Waals surface area contributed by atoms with Gasteiger partial charge in [0, 0.05) is 24.3 Å². The third-order valence-corrected chi connectivity index (χ3v) is 4.29. The van der Waals surface area contributed by atoms with Crippen molar-refractivity contribution in [1.29, 1.82) is 0 Å². The van der Waals surface area contributed by atoms with Crippen LogP contribution in [0.5, 0.6) is 0 Å². The first-order valence-electron chi connectivity index (χ1n) is 6.02. The highest BCUT2D eigenvalue weighted by molar-refractivity contribution is 8.13. The highest BCUT2D eigenvalue weighted by atomic mass is 35.7. The first-order valence-corrected chi connectivity index (χ1v) is 8.71. The summed E-state index contributed by atoms with van der Waals surface area (Å²) < 4.78 is 36.3. The number of rotatable bonds is 3. The maximum atomic E-state index is 13.7. The number of nitrogens with zero attached hydrogens (tertiary/aromatic N) is 1. The summed E-state index contributed by atoms with van der Waals surface area (Å²) in [5, 5.41) is -0.426. The summed E-state index contributed by atoms with van der Waals surface area (Å²) in [4.78, 5) is 13.2. The molecule has 4 nitrogen and oxygen atoms in total. The highest BCUT2D eigenvalue weighted by Gasteiger charge is 2.25. The van der Waals surface area contributed by atoms with Crippen LogP contribution in [0.3, 0.4) is 0 Å². The van der Waals surface area contributed by atoms with E-state index in [0.29, 0.717) is 12.6 Å². The molecule has 0 radical (unpaired) electrons. The van der Waals surface area contributed by atoms with Gasteiger partial charge >= 0.3 is 0 Å². The van der Waals surface area contributed by atoms with Gasteiger partial charge in [0.1, 0.15) is 5.82 Å². The van der Waals surface area contributed by atoms with Crippen molar-refractivity contribution in [1.82, 2.24) is 4.90 Å². The molecule has 118 valence electrons. The number of amides is 1. The molecule has 1 amide bonds. The van der Waals surface area contributed by atoms with Crippen molar-refractivity contribution >= 4 is 37.2 Å². The zero-order chi connectivity index (χ0) is 16.6. The molecule has 1 aromatic carbocycles. The third kappa shape index (κ3) is 4.83. The fourth-order valence-corrected chi connectivity index (χ4v) is 2.81. The van der Waals surface area contributed by atoms with Crippen LogP contribution in [0, 0.1) is 11.2 Å². The predicted molar refractivity (Wildman–Crippen MR) is 80.9 cm³/mol. The van der Waals surface area contributed by atoms with Crippen molar-refractivity contribution in [3.8, 4) is 0 Å². The lowest BCUT2D eigenvalue weighted by atomic mass is 9.96. The first-order chi connectivity index (χ1) is 9.33. The summed E-state index contributed by atoms with van der Waals surface area (Å²) in [5.41, 5.74) is -0.409. The number of carbonyl (C=O) groups is 1. The molecule has 0 unspecified atom stereocenters. The van der Waals surface area contributed by atoms with Gasteiger partial charge in [0.05, 0.1) is 15.5 Å². The summed E-state index contributed by atoms with van der Waals surface area (Å²) in [5.74, 6) is -1.58. The lowest BCUT2D eigenvalue weighted by Gasteiger charge is -2.27. The van der Waals surface area contributed by atoms with E-state index in [4.69, 9.17) is 22.3 Å². The van der Waals surface area contributed by atoms with Crippen LogP contribution in [-0.4, -0.2) is 32.8 Å². The van der Waals surface area contributed by atoms with E-state index in [1.165, 1.54) is 11.9 Å². The summed E-state index contributed by atoms with van der Waals surface area (Å²) >= 11 is 5.77. The minimum Gasteiger partial charge on any atom is -0.341 e. The highest BCUT2D eigenvalue weighted by Crippen LogP contribution is 2.27. The van der Waals surface area contributed by atoms with Crippen LogP contribution in [-0.2, 0) is 9.05 Å². The van der Waals surface area contributed by atoms with Crippen molar-refractivity contribution in [2.24, 2.45) is 5.41 Å². The standard InChI is InChI=1S/C13H16Cl2FNO3S/c1-13(2,3)7-17(4)12(18)9-5-8(21(15,19)20)6-10(16)11(9)14/h5-6H,7H2,1-4H3. The minimum atomic E-state index is -4.16. The molecule has 0 aliphatic carbocycles. The Kier molecular flexibility index (Phi) is 5.29. The van der Waals surface area contributed by atoms with E-state index in [1.54, 1.807) is 0 Å². The normalized spacial score (nSPS) is 12.3. The van der Waals surface area contributed by atoms with Crippen molar-refractivity contribution in [2.45, 2.75) is 25.7 Å². The van der Waals surface area contributed by atoms with Crippen molar-refractivity contribution in [3.05, 3.63) is 28.5 Å². The SMILES string of the molecule is CN(CC(C)(C)C)C(=O)c1cc(S(=O)(=O)Cl)cc(F)c1Cl. The monoisotopic (exact) mass is 355 g/mol.